The number of aromatic nitrogens is 1. The molecule has 0 spiro atoms. The SMILES string of the molecule is CCC1CCC(CCc2cc(F)c(F)nc2F)CC1. The van der Waals surface area contributed by atoms with Gasteiger partial charge in [0.05, 0.1) is 0 Å². The zero-order valence-electron chi connectivity index (χ0n) is 11.3. The second kappa shape index (κ2) is 6.40. The lowest BCUT2D eigenvalue weighted by Crippen LogP contribution is -2.15. The lowest BCUT2D eigenvalue weighted by Gasteiger charge is -2.27. The molecule has 1 aliphatic rings. The van der Waals surface area contributed by atoms with Crippen molar-refractivity contribution in [3.8, 4) is 0 Å². The highest BCUT2D eigenvalue weighted by Gasteiger charge is 2.20. The van der Waals surface area contributed by atoms with E-state index in [1.165, 1.54) is 19.3 Å². The van der Waals surface area contributed by atoms with Crippen LogP contribution in [0, 0.1) is 29.5 Å². The molecule has 1 saturated carbocycles. The summed E-state index contributed by atoms with van der Waals surface area (Å²) in [5.74, 6) is -1.88. The highest BCUT2D eigenvalue weighted by molar-refractivity contribution is 5.13. The van der Waals surface area contributed by atoms with E-state index in [-0.39, 0.29) is 5.56 Å². The van der Waals surface area contributed by atoms with E-state index in [0.29, 0.717) is 12.3 Å². The molecule has 0 aromatic carbocycles. The predicted molar refractivity (Wildman–Crippen MR) is 68.2 cm³/mol. The highest BCUT2D eigenvalue weighted by Crippen LogP contribution is 2.33. The van der Waals surface area contributed by atoms with Gasteiger partial charge in [-0.15, -0.1) is 0 Å². The van der Waals surface area contributed by atoms with Crippen LogP contribution in [0.15, 0.2) is 6.07 Å². The second-order valence-electron chi connectivity index (χ2n) is 5.54. The second-order valence-corrected chi connectivity index (χ2v) is 5.54. The van der Waals surface area contributed by atoms with Gasteiger partial charge in [-0.1, -0.05) is 39.0 Å². The molecule has 0 atom stereocenters. The zero-order chi connectivity index (χ0) is 13.8. The summed E-state index contributed by atoms with van der Waals surface area (Å²) < 4.78 is 39.1. The molecular weight excluding hydrogens is 251 g/mol. The molecule has 1 nitrogen and oxygen atoms in total. The van der Waals surface area contributed by atoms with Crippen molar-refractivity contribution in [1.29, 1.82) is 0 Å². The van der Waals surface area contributed by atoms with E-state index in [0.717, 1.165) is 31.2 Å². The van der Waals surface area contributed by atoms with E-state index in [2.05, 4.69) is 11.9 Å². The predicted octanol–water partition coefficient (Wildman–Crippen LogP) is 4.65. The summed E-state index contributed by atoms with van der Waals surface area (Å²) >= 11 is 0. The van der Waals surface area contributed by atoms with Crippen LogP contribution in [0.3, 0.4) is 0 Å². The first kappa shape index (κ1) is 14.4. The summed E-state index contributed by atoms with van der Waals surface area (Å²) in [4.78, 5) is 2.95. The van der Waals surface area contributed by atoms with Crippen molar-refractivity contribution in [2.24, 2.45) is 11.8 Å². The third-order valence-corrected chi connectivity index (χ3v) is 4.32. The first-order valence-corrected chi connectivity index (χ1v) is 7.10. The molecule has 0 saturated heterocycles. The fraction of sp³-hybridized carbons (Fsp3) is 0.667. The largest absolute Gasteiger partial charge is 0.251 e. The maximum Gasteiger partial charge on any atom is 0.251 e. The van der Waals surface area contributed by atoms with Gasteiger partial charge in [0.1, 0.15) is 0 Å². The number of pyridine rings is 1. The highest BCUT2D eigenvalue weighted by atomic mass is 19.2. The van der Waals surface area contributed by atoms with Crippen molar-refractivity contribution in [2.45, 2.75) is 51.9 Å². The molecule has 106 valence electrons. The number of halogens is 3. The van der Waals surface area contributed by atoms with Gasteiger partial charge in [0.2, 0.25) is 5.95 Å². The summed E-state index contributed by atoms with van der Waals surface area (Å²) in [5.41, 5.74) is 0.191. The van der Waals surface area contributed by atoms with Gasteiger partial charge in [0.15, 0.2) is 5.82 Å². The topological polar surface area (TPSA) is 12.9 Å². The Kier molecular flexibility index (Phi) is 4.83. The van der Waals surface area contributed by atoms with Gasteiger partial charge < -0.3 is 0 Å². The van der Waals surface area contributed by atoms with Crippen LogP contribution in [0.2, 0.25) is 0 Å². The lowest BCUT2D eigenvalue weighted by molar-refractivity contribution is 0.258. The van der Waals surface area contributed by atoms with Gasteiger partial charge in [-0.05, 0) is 30.7 Å². The monoisotopic (exact) mass is 271 g/mol. The van der Waals surface area contributed by atoms with Crippen molar-refractivity contribution in [3.05, 3.63) is 29.3 Å². The third-order valence-electron chi connectivity index (χ3n) is 4.32. The minimum absolute atomic E-state index is 0.191. The molecule has 19 heavy (non-hydrogen) atoms. The Morgan fingerprint density at radius 2 is 1.68 bits per heavy atom. The minimum Gasteiger partial charge on any atom is -0.202 e. The van der Waals surface area contributed by atoms with Crippen LogP contribution >= 0.6 is 0 Å². The summed E-state index contributed by atoms with van der Waals surface area (Å²) in [6, 6.07) is 0.940. The Morgan fingerprint density at radius 3 is 2.32 bits per heavy atom. The number of hydrogen-bond acceptors (Lipinski definition) is 1. The Morgan fingerprint density at radius 1 is 1.05 bits per heavy atom. The third kappa shape index (κ3) is 3.71. The number of rotatable bonds is 4. The van der Waals surface area contributed by atoms with E-state index >= 15 is 0 Å². The lowest BCUT2D eigenvalue weighted by atomic mass is 9.79. The molecule has 0 unspecified atom stereocenters. The van der Waals surface area contributed by atoms with Crippen molar-refractivity contribution in [2.75, 3.05) is 0 Å². The molecule has 0 aliphatic heterocycles. The minimum atomic E-state index is -1.36. The molecule has 0 bridgehead atoms. The van der Waals surface area contributed by atoms with Crippen molar-refractivity contribution >= 4 is 0 Å². The van der Waals surface area contributed by atoms with E-state index in [9.17, 15) is 13.2 Å². The Balaban J connectivity index is 1.88. The summed E-state index contributed by atoms with van der Waals surface area (Å²) in [6.45, 7) is 2.22. The molecule has 4 heteroatoms. The number of hydrogen-bond donors (Lipinski definition) is 0. The van der Waals surface area contributed by atoms with E-state index in [4.69, 9.17) is 0 Å². The van der Waals surface area contributed by atoms with Crippen LogP contribution in [0.25, 0.3) is 0 Å². The van der Waals surface area contributed by atoms with Crippen molar-refractivity contribution < 1.29 is 13.2 Å². The van der Waals surface area contributed by atoms with Gasteiger partial charge in [-0.25, -0.2) is 4.39 Å². The summed E-state index contributed by atoms with van der Waals surface area (Å²) in [5, 5.41) is 0. The maximum absolute atomic E-state index is 13.4. The number of nitrogens with zero attached hydrogens (tertiary/aromatic N) is 1. The van der Waals surface area contributed by atoms with E-state index < -0.39 is 17.7 Å². The average molecular weight is 271 g/mol. The molecule has 1 aliphatic carbocycles. The molecule has 0 amide bonds. The average Bonchev–Trinajstić information content (AvgIpc) is 2.42. The van der Waals surface area contributed by atoms with Crippen LogP contribution < -0.4 is 0 Å². The maximum atomic E-state index is 13.4. The van der Waals surface area contributed by atoms with Gasteiger partial charge in [-0.3, -0.25) is 0 Å². The molecular formula is C15H20F3N. The fourth-order valence-electron chi connectivity index (χ4n) is 2.95. The van der Waals surface area contributed by atoms with E-state index in [1.807, 2.05) is 0 Å². The molecule has 0 radical (unpaired) electrons. The fourth-order valence-corrected chi connectivity index (χ4v) is 2.95. The van der Waals surface area contributed by atoms with Crippen LogP contribution in [-0.2, 0) is 6.42 Å². The van der Waals surface area contributed by atoms with Gasteiger partial charge in [-0.2, -0.15) is 13.8 Å². The molecule has 2 rings (SSSR count). The van der Waals surface area contributed by atoms with Crippen molar-refractivity contribution in [3.63, 3.8) is 0 Å². The number of aryl methyl sites for hydroxylation is 1. The Hall–Kier alpha value is -1.06. The normalized spacial score (nSPS) is 23.6. The Bertz CT molecular complexity index is 426. The van der Waals surface area contributed by atoms with Gasteiger partial charge in [0, 0.05) is 5.56 Å². The standard InChI is InChI=1S/C15H20F3N/c1-2-10-3-5-11(6-4-10)7-8-12-9-13(16)15(18)19-14(12)17/h9-11H,2-8H2,1H3. The van der Waals surface area contributed by atoms with Gasteiger partial charge >= 0.3 is 0 Å². The Labute approximate surface area is 112 Å². The molecule has 1 aromatic rings. The first-order chi connectivity index (χ1) is 9.10. The molecule has 1 aromatic heterocycles. The van der Waals surface area contributed by atoms with Crippen LogP contribution in [-0.4, -0.2) is 4.98 Å². The van der Waals surface area contributed by atoms with E-state index in [1.54, 1.807) is 0 Å². The summed E-state index contributed by atoms with van der Waals surface area (Å²) in [6.07, 6.45) is 7.31. The van der Waals surface area contributed by atoms with Crippen LogP contribution in [0.4, 0.5) is 13.2 Å². The van der Waals surface area contributed by atoms with Crippen molar-refractivity contribution in [1.82, 2.24) is 4.98 Å². The molecule has 1 heterocycles. The quantitative estimate of drug-likeness (QED) is 0.726. The summed E-state index contributed by atoms with van der Waals surface area (Å²) in [7, 11) is 0. The van der Waals surface area contributed by atoms with Gasteiger partial charge in [0.25, 0.3) is 5.95 Å². The smallest absolute Gasteiger partial charge is 0.202 e. The zero-order valence-corrected chi connectivity index (χ0v) is 11.3. The molecule has 1 fully saturated rings. The van der Waals surface area contributed by atoms with Crippen LogP contribution in [0.1, 0.15) is 51.0 Å². The van der Waals surface area contributed by atoms with Crippen LogP contribution in [0.5, 0.6) is 0 Å². The first-order valence-electron chi connectivity index (χ1n) is 7.10. The molecule has 0 N–H and O–H groups in total.